The van der Waals surface area contributed by atoms with Crippen LogP contribution in [0.15, 0.2) is 6.07 Å². The lowest BCUT2D eigenvalue weighted by molar-refractivity contribution is 0.300. The van der Waals surface area contributed by atoms with Gasteiger partial charge in [0.25, 0.3) is 0 Å². The van der Waals surface area contributed by atoms with E-state index in [1.54, 1.807) is 0 Å². The summed E-state index contributed by atoms with van der Waals surface area (Å²) in [6.07, 6.45) is 9.29. The van der Waals surface area contributed by atoms with E-state index >= 15 is 0 Å². The van der Waals surface area contributed by atoms with E-state index in [4.69, 9.17) is 0 Å². The Morgan fingerprint density at radius 2 is 1.95 bits per heavy atom. The zero-order valence-corrected chi connectivity index (χ0v) is 13.3. The fraction of sp³-hybridized carbons (Fsp3) is 0.765. The number of aryl methyl sites for hydroxylation is 2. The highest BCUT2D eigenvalue weighted by atomic mass is 15.1. The SMILES string of the molecule is CCNC(CC1CCCCC1)c1cc(C)nnc1CC. The van der Waals surface area contributed by atoms with Gasteiger partial charge in [0.1, 0.15) is 0 Å². The lowest BCUT2D eigenvalue weighted by Gasteiger charge is -2.28. The zero-order chi connectivity index (χ0) is 14.4. The highest BCUT2D eigenvalue weighted by molar-refractivity contribution is 5.25. The molecule has 2 rings (SSSR count). The molecule has 1 aliphatic rings. The molecule has 0 saturated heterocycles. The first-order valence-electron chi connectivity index (χ1n) is 8.31. The fourth-order valence-corrected chi connectivity index (χ4v) is 3.43. The van der Waals surface area contributed by atoms with Gasteiger partial charge in [0.2, 0.25) is 0 Å². The summed E-state index contributed by atoms with van der Waals surface area (Å²) in [7, 11) is 0. The first-order valence-corrected chi connectivity index (χ1v) is 8.31. The highest BCUT2D eigenvalue weighted by Gasteiger charge is 2.22. The molecule has 1 heterocycles. The number of rotatable bonds is 6. The summed E-state index contributed by atoms with van der Waals surface area (Å²) in [6.45, 7) is 7.43. The number of nitrogens with one attached hydrogen (secondary N) is 1. The minimum Gasteiger partial charge on any atom is -0.310 e. The molecule has 0 amide bonds. The van der Waals surface area contributed by atoms with Gasteiger partial charge in [-0.2, -0.15) is 10.2 Å². The van der Waals surface area contributed by atoms with E-state index in [9.17, 15) is 0 Å². The van der Waals surface area contributed by atoms with Gasteiger partial charge in [0, 0.05) is 6.04 Å². The van der Waals surface area contributed by atoms with Gasteiger partial charge in [-0.25, -0.2) is 0 Å². The van der Waals surface area contributed by atoms with Gasteiger partial charge in [-0.15, -0.1) is 0 Å². The van der Waals surface area contributed by atoms with E-state index in [0.29, 0.717) is 6.04 Å². The molecule has 1 fully saturated rings. The second-order valence-corrected chi connectivity index (χ2v) is 6.09. The van der Waals surface area contributed by atoms with E-state index in [0.717, 1.165) is 30.3 Å². The van der Waals surface area contributed by atoms with Crippen molar-refractivity contribution in [1.29, 1.82) is 0 Å². The van der Waals surface area contributed by atoms with Crippen molar-refractivity contribution in [2.75, 3.05) is 6.54 Å². The third kappa shape index (κ3) is 4.02. The van der Waals surface area contributed by atoms with Gasteiger partial charge in [-0.1, -0.05) is 46.0 Å². The molecule has 0 radical (unpaired) electrons. The molecule has 1 aliphatic carbocycles. The summed E-state index contributed by atoms with van der Waals surface area (Å²) >= 11 is 0. The summed E-state index contributed by atoms with van der Waals surface area (Å²) in [5.74, 6) is 0.881. The third-order valence-electron chi connectivity index (χ3n) is 4.48. The highest BCUT2D eigenvalue weighted by Crippen LogP contribution is 2.32. The molecule has 0 bridgehead atoms. The minimum atomic E-state index is 0.451. The molecule has 1 atom stereocenters. The monoisotopic (exact) mass is 275 g/mol. The van der Waals surface area contributed by atoms with Crippen LogP contribution in [0.3, 0.4) is 0 Å². The van der Waals surface area contributed by atoms with Crippen LogP contribution in [0.2, 0.25) is 0 Å². The van der Waals surface area contributed by atoms with Crippen molar-refractivity contribution in [2.45, 2.75) is 71.8 Å². The minimum absolute atomic E-state index is 0.451. The van der Waals surface area contributed by atoms with Crippen LogP contribution < -0.4 is 5.32 Å². The lowest BCUT2D eigenvalue weighted by atomic mass is 9.83. The Hall–Kier alpha value is -0.960. The average Bonchev–Trinajstić information content (AvgIpc) is 2.48. The smallest absolute Gasteiger partial charge is 0.0676 e. The van der Waals surface area contributed by atoms with Gasteiger partial charge in [-0.3, -0.25) is 0 Å². The number of hydrogen-bond acceptors (Lipinski definition) is 3. The van der Waals surface area contributed by atoms with E-state index in [-0.39, 0.29) is 0 Å². The Morgan fingerprint density at radius 1 is 1.20 bits per heavy atom. The quantitative estimate of drug-likeness (QED) is 0.853. The van der Waals surface area contributed by atoms with E-state index in [2.05, 4.69) is 35.4 Å². The molecule has 20 heavy (non-hydrogen) atoms. The molecule has 0 aromatic carbocycles. The molecule has 1 aromatic rings. The molecule has 1 aromatic heterocycles. The second-order valence-electron chi connectivity index (χ2n) is 6.09. The molecular weight excluding hydrogens is 246 g/mol. The van der Waals surface area contributed by atoms with Crippen molar-refractivity contribution in [3.05, 3.63) is 23.0 Å². The first kappa shape index (κ1) is 15.4. The lowest BCUT2D eigenvalue weighted by Crippen LogP contribution is -2.26. The maximum absolute atomic E-state index is 4.40. The third-order valence-corrected chi connectivity index (χ3v) is 4.48. The molecule has 112 valence electrons. The Balaban J connectivity index is 2.16. The van der Waals surface area contributed by atoms with Gasteiger partial charge >= 0.3 is 0 Å². The zero-order valence-electron chi connectivity index (χ0n) is 13.3. The summed E-state index contributed by atoms with van der Waals surface area (Å²) in [4.78, 5) is 0. The van der Waals surface area contributed by atoms with Crippen LogP contribution in [0.5, 0.6) is 0 Å². The molecule has 0 aliphatic heterocycles. The molecule has 0 spiro atoms. The van der Waals surface area contributed by atoms with Crippen molar-refractivity contribution < 1.29 is 0 Å². The maximum Gasteiger partial charge on any atom is 0.0676 e. The summed E-state index contributed by atoms with van der Waals surface area (Å²) in [5.41, 5.74) is 3.58. The van der Waals surface area contributed by atoms with Crippen LogP contribution in [0, 0.1) is 12.8 Å². The van der Waals surface area contributed by atoms with Crippen LogP contribution in [0.1, 0.15) is 75.4 Å². The second kappa shape index (κ2) is 7.72. The van der Waals surface area contributed by atoms with E-state index in [1.807, 2.05) is 6.92 Å². The number of hydrogen-bond donors (Lipinski definition) is 1. The topological polar surface area (TPSA) is 37.8 Å². The molecule has 1 unspecified atom stereocenters. The summed E-state index contributed by atoms with van der Waals surface area (Å²) in [5, 5.41) is 12.3. The van der Waals surface area contributed by atoms with Gasteiger partial charge in [0.15, 0.2) is 0 Å². The summed E-state index contributed by atoms with van der Waals surface area (Å²) < 4.78 is 0. The summed E-state index contributed by atoms with van der Waals surface area (Å²) in [6, 6.07) is 2.69. The molecule has 1 N–H and O–H groups in total. The average molecular weight is 275 g/mol. The fourth-order valence-electron chi connectivity index (χ4n) is 3.43. The molecule has 1 saturated carbocycles. The van der Waals surface area contributed by atoms with Gasteiger partial charge in [-0.05, 0) is 43.9 Å². The standard InChI is InChI=1S/C17H29N3/c1-4-16-15(11-13(3)19-20-16)17(18-5-2)12-14-9-7-6-8-10-14/h11,14,17-18H,4-10,12H2,1-3H3. The number of nitrogens with zero attached hydrogens (tertiary/aromatic N) is 2. The molecular formula is C17H29N3. The Labute approximate surface area is 123 Å². The number of aromatic nitrogens is 2. The predicted octanol–water partition coefficient (Wildman–Crippen LogP) is 3.97. The Bertz CT molecular complexity index is 411. The van der Waals surface area contributed by atoms with Crippen molar-refractivity contribution in [3.63, 3.8) is 0 Å². The largest absolute Gasteiger partial charge is 0.310 e. The van der Waals surface area contributed by atoms with Crippen molar-refractivity contribution in [3.8, 4) is 0 Å². The van der Waals surface area contributed by atoms with Crippen LogP contribution in [0.4, 0.5) is 0 Å². The first-order chi connectivity index (χ1) is 9.74. The molecule has 3 nitrogen and oxygen atoms in total. The Morgan fingerprint density at radius 3 is 2.60 bits per heavy atom. The van der Waals surface area contributed by atoms with Crippen molar-refractivity contribution in [1.82, 2.24) is 15.5 Å². The van der Waals surface area contributed by atoms with Gasteiger partial charge < -0.3 is 5.32 Å². The van der Waals surface area contributed by atoms with Crippen molar-refractivity contribution in [2.24, 2.45) is 5.92 Å². The van der Waals surface area contributed by atoms with Gasteiger partial charge in [0.05, 0.1) is 11.4 Å². The van der Waals surface area contributed by atoms with Crippen LogP contribution in [-0.2, 0) is 6.42 Å². The van der Waals surface area contributed by atoms with Crippen LogP contribution in [0.25, 0.3) is 0 Å². The maximum atomic E-state index is 4.40. The van der Waals surface area contributed by atoms with Crippen LogP contribution in [-0.4, -0.2) is 16.7 Å². The Kier molecular flexibility index (Phi) is 5.96. The van der Waals surface area contributed by atoms with E-state index < -0.39 is 0 Å². The van der Waals surface area contributed by atoms with Crippen LogP contribution >= 0.6 is 0 Å². The molecule has 3 heteroatoms. The normalized spacial score (nSPS) is 18.1. The van der Waals surface area contributed by atoms with Crippen molar-refractivity contribution >= 4 is 0 Å². The predicted molar refractivity (Wildman–Crippen MR) is 83.8 cm³/mol. The van der Waals surface area contributed by atoms with E-state index in [1.165, 1.54) is 44.1 Å².